The van der Waals surface area contributed by atoms with Crippen LogP contribution >= 0.6 is 15.9 Å². The summed E-state index contributed by atoms with van der Waals surface area (Å²) in [4.78, 5) is 26.0. The number of nitrogen functional groups attached to an aromatic ring is 1. The van der Waals surface area contributed by atoms with E-state index < -0.39 is 6.04 Å². The highest BCUT2D eigenvalue weighted by molar-refractivity contribution is 9.10. The van der Waals surface area contributed by atoms with Crippen LogP contribution < -0.4 is 11.1 Å². The average Bonchev–Trinajstić information content (AvgIpc) is 2.94. The number of rotatable bonds is 3. The molecule has 1 aromatic carbocycles. The average molecular weight is 340 g/mol. The van der Waals surface area contributed by atoms with Crippen LogP contribution in [0.3, 0.4) is 0 Å². The Morgan fingerprint density at radius 1 is 1.35 bits per heavy atom. The number of hydrogen-bond acceptors (Lipinski definition) is 3. The molecule has 5 nitrogen and oxygen atoms in total. The maximum absolute atomic E-state index is 12.1. The summed E-state index contributed by atoms with van der Waals surface area (Å²) in [6.07, 6.45) is 2.07. The zero-order valence-corrected chi connectivity index (χ0v) is 12.9. The number of carbonyl (C=O) groups is 2. The summed E-state index contributed by atoms with van der Waals surface area (Å²) in [7, 11) is 0. The molecule has 1 unspecified atom stereocenters. The molecule has 1 aliphatic rings. The largest absolute Gasteiger partial charge is 0.398 e. The number of halogens is 1. The van der Waals surface area contributed by atoms with E-state index in [1.807, 2.05) is 0 Å². The molecule has 1 fully saturated rings. The molecule has 1 saturated heterocycles. The lowest BCUT2D eigenvalue weighted by Crippen LogP contribution is -2.45. The quantitative estimate of drug-likeness (QED) is 0.824. The Kier molecular flexibility index (Phi) is 4.65. The molecule has 0 spiro atoms. The Morgan fingerprint density at radius 3 is 2.60 bits per heavy atom. The SMILES string of the molecule is CC(NC(=O)c1ccc(Br)c(N)c1)C(=O)N1CCCC1. The highest BCUT2D eigenvalue weighted by Crippen LogP contribution is 2.20. The van der Waals surface area contributed by atoms with Crippen LogP contribution in [0.4, 0.5) is 5.69 Å². The van der Waals surface area contributed by atoms with Gasteiger partial charge >= 0.3 is 0 Å². The predicted octanol–water partition coefficient (Wildman–Crippen LogP) is 1.77. The summed E-state index contributed by atoms with van der Waals surface area (Å²) in [5.41, 5.74) is 6.69. The first-order valence-corrected chi connectivity index (χ1v) is 7.43. The van der Waals surface area contributed by atoms with Crippen molar-refractivity contribution in [2.75, 3.05) is 18.8 Å². The minimum absolute atomic E-state index is 0.0269. The molecular formula is C14H18BrN3O2. The number of carbonyl (C=O) groups excluding carboxylic acids is 2. The summed E-state index contributed by atoms with van der Waals surface area (Å²) in [5, 5.41) is 2.72. The zero-order valence-electron chi connectivity index (χ0n) is 11.4. The van der Waals surface area contributed by atoms with Gasteiger partial charge in [0.2, 0.25) is 5.91 Å². The molecule has 0 radical (unpaired) electrons. The lowest BCUT2D eigenvalue weighted by Gasteiger charge is -2.21. The van der Waals surface area contributed by atoms with E-state index in [9.17, 15) is 9.59 Å². The second kappa shape index (κ2) is 6.26. The third kappa shape index (κ3) is 3.30. The van der Waals surface area contributed by atoms with Crippen LogP contribution in [-0.2, 0) is 4.79 Å². The van der Waals surface area contributed by atoms with Crippen LogP contribution in [0.5, 0.6) is 0 Å². The minimum Gasteiger partial charge on any atom is -0.398 e. The number of benzene rings is 1. The summed E-state index contributed by atoms with van der Waals surface area (Å²) in [5.74, 6) is -0.315. The summed E-state index contributed by atoms with van der Waals surface area (Å²) >= 11 is 3.28. The third-order valence-electron chi connectivity index (χ3n) is 3.39. The zero-order chi connectivity index (χ0) is 14.7. The highest BCUT2D eigenvalue weighted by Gasteiger charge is 2.24. The number of nitrogens with one attached hydrogen (secondary N) is 1. The van der Waals surface area contributed by atoms with Crippen LogP contribution in [-0.4, -0.2) is 35.8 Å². The number of nitrogens with zero attached hydrogens (tertiary/aromatic N) is 1. The van der Waals surface area contributed by atoms with Crippen molar-refractivity contribution in [1.29, 1.82) is 0 Å². The fourth-order valence-corrected chi connectivity index (χ4v) is 2.48. The molecule has 1 aromatic rings. The van der Waals surface area contributed by atoms with Gasteiger partial charge in [-0.25, -0.2) is 0 Å². The van der Waals surface area contributed by atoms with Crippen LogP contribution in [0.25, 0.3) is 0 Å². The number of likely N-dealkylation sites (tertiary alicyclic amines) is 1. The first-order chi connectivity index (χ1) is 9.49. The lowest BCUT2D eigenvalue weighted by molar-refractivity contribution is -0.131. The van der Waals surface area contributed by atoms with Crippen molar-refractivity contribution in [1.82, 2.24) is 10.2 Å². The molecule has 6 heteroatoms. The molecule has 0 saturated carbocycles. The molecule has 20 heavy (non-hydrogen) atoms. The van der Waals surface area contributed by atoms with Gasteiger partial charge in [0.15, 0.2) is 0 Å². The second-order valence-corrected chi connectivity index (χ2v) is 5.82. The van der Waals surface area contributed by atoms with Crippen LogP contribution in [0.15, 0.2) is 22.7 Å². The normalized spacial score (nSPS) is 16.0. The Hall–Kier alpha value is -1.56. The van der Waals surface area contributed by atoms with Gasteiger partial charge in [-0.3, -0.25) is 9.59 Å². The summed E-state index contributed by atoms with van der Waals surface area (Å²) in [6, 6.07) is 4.46. The molecule has 1 heterocycles. The van der Waals surface area contributed by atoms with E-state index in [-0.39, 0.29) is 11.8 Å². The standard InChI is InChI=1S/C14H18BrN3O2/c1-9(14(20)18-6-2-3-7-18)17-13(19)10-4-5-11(15)12(16)8-10/h4-5,8-9H,2-3,6-7,16H2,1H3,(H,17,19). The Balaban J connectivity index is 1.99. The van der Waals surface area contributed by atoms with E-state index in [4.69, 9.17) is 5.73 Å². The molecule has 1 atom stereocenters. The number of amides is 2. The lowest BCUT2D eigenvalue weighted by atomic mass is 10.1. The van der Waals surface area contributed by atoms with Gasteiger partial charge in [0.25, 0.3) is 5.91 Å². The van der Waals surface area contributed by atoms with E-state index in [2.05, 4.69) is 21.2 Å². The van der Waals surface area contributed by atoms with E-state index >= 15 is 0 Å². The van der Waals surface area contributed by atoms with Crippen molar-refractivity contribution in [3.8, 4) is 0 Å². The Morgan fingerprint density at radius 2 is 2.00 bits per heavy atom. The van der Waals surface area contributed by atoms with Crippen molar-refractivity contribution in [3.63, 3.8) is 0 Å². The van der Waals surface area contributed by atoms with Gasteiger partial charge < -0.3 is 16.0 Å². The van der Waals surface area contributed by atoms with Crippen LogP contribution in [0.1, 0.15) is 30.1 Å². The van der Waals surface area contributed by atoms with E-state index in [1.54, 1.807) is 30.0 Å². The topological polar surface area (TPSA) is 75.4 Å². The van der Waals surface area contributed by atoms with Gasteiger partial charge in [-0.15, -0.1) is 0 Å². The molecule has 108 valence electrons. The van der Waals surface area contributed by atoms with E-state index in [1.165, 1.54) is 0 Å². The molecule has 2 rings (SSSR count). The number of hydrogen-bond donors (Lipinski definition) is 2. The highest BCUT2D eigenvalue weighted by atomic mass is 79.9. The van der Waals surface area contributed by atoms with Gasteiger partial charge in [0.1, 0.15) is 6.04 Å². The van der Waals surface area contributed by atoms with Gasteiger partial charge in [-0.2, -0.15) is 0 Å². The number of nitrogens with two attached hydrogens (primary N) is 1. The number of anilines is 1. The monoisotopic (exact) mass is 339 g/mol. The first-order valence-electron chi connectivity index (χ1n) is 6.63. The predicted molar refractivity (Wildman–Crippen MR) is 81.3 cm³/mol. The molecule has 0 aliphatic carbocycles. The van der Waals surface area contributed by atoms with Gasteiger partial charge in [-0.05, 0) is 53.9 Å². The van der Waals surface area contributed by atoms with Gasteiger partial charge in [0, 0.05) is 28.8 Å². The fourth-order valence-electron chi connectivity index (χ4n) is 2.24. The molecule has 3 N–H and O–H groups in total. The van der Waals surface area contributed by atoms with Crippen molar-refractivity contribution in [2.45, 2.75) is 25.8 Å². The molecule has 0 aromatic heterocycles. The van der Waals surface area contributed by atoms with Crippen LogP contribution in [0, 0.1) is 0 Å². The van der Waals surface area contributed by atoms with Crippen molar-refractivity contribution < 1.29 is 9.59 Å². The Labute approximate surface area is 126 Å². The van der Waals surface area contributed by atoms with E-state index in [0.29, 0.717) is 11.3 Å². The van der Waals surface area contributed by atoms with Crippen molar-refractivity contribution in [3.05, 3.63) is 28.2 Å². The van der Waals surface area contributed by atoms with Gasteiger partial charge in [0.05, 0.1) is 0 Å². The molecule has 0 bridgehead atoms. The minimum atomic E-state index is -0.523. The van der Waals surface area contributed by atoms with Crippen molar-refractivity contribution >= 4 is 33.4 Å². The van der Waals surface area contributed by atoms with Crippen molar-refractivity contribution in [2.24, 2.45) is 0 Å². The molecular weight excluding hydrogens is 322 g/mol. The van der Waals surface area contributed by atoms with E-state index in [0.717, 1.165) is 30.4 Å². The first kappa shape index (κ1) is 14.8. The fraction of sp³-hybridized carbons (Fsp3) is 0.429. The molecule has 1 aliphatic heterocycles. The summed E-state index contributed by atoms with van der Waals surface area (Å²) in [6.45, 7) is 3.27. The maximum atomic E-state index is 12.1. The summed E-state index contributed by atoms with van der Waals surface area (Å²) < 4.78 is 0.746. The van der Waals surface area contributed by atoms with Gasteiger partial charge in [-0.1, -0.05) is 0 Å². The molecule has 2 amide bonds. The second-order valence-electron chi connectivity index (χ2n) is 4.96. The van der Waals surface area contributed by atoms with Crippen LogP contribution in [0.2, 0.25) is 0 Å². The Bertz CT molecular complexity index is 527. The maximum Gasteiger partial charge on any atom is 0.251 e. The third-order valence-corrected chi connectivity index (χ3v) is 4.12. The smallest absolute Gasteiger partial charge is 0.251 e.